The summed E-state index contributed by atoms with van der Waals surface area (Å²) in [6.07, 6.45) is 3.58. The van der Waals surface area contributed by atoms with Gasteiger partial charge in [-0.2, -0.15) is 0 Å². The number of nitrogens with one attached hydrogen (secondary N) is 2. The summed E-state index contributed by atoms with van der Waals surface area (Å²) >= 11 is 0. The number of nitrogens with zero attached hydrogens (tertiary/aromatic N) is 2. The molecule has 2 N–H and O–H groups in total. The van der Waals surface area contributed by atoms with Crippen LogP contribution in [-0.4, -0.2) is 29.5 Å². The lowest BCUT2D eigenvalue weighted by Gasteiger charge is -2.06. The summed E-state index contributed by atoms with van der Waals surface area (Å²) in [5.74, 6) is -0.00941. The van der Waals surface area contributed by atoms with E-state index in [0.29, 0.717) is 18.8 Å². The third-order valence-electron chi connectivity index (χ3n) is 2.74. The fraction of sp³-hybridized carbons (Fsp3) is 0.214. The molecule has 0 saturated heterocycles. The van der Waals surface area contributed by atoms with Crippen LogP contribution in [0.5, 0.6) is 0 Å². The van der Waals surface area contributed by atoms with E-state index in [-0.39, 0.29) is 17.4 Å². The van der Waals surface area contributed by atoms with Crippen molar-refractivity contribution in [1.82, 2.24) is 15.3 Å². The van der Waals surface area contributed by atoms with Gasteiger partial charge in [0.25, 0.3) is 5.91 Å². The molecule has 1 amide bonds. The number of carbonyl (C=O) groups is 1. The molecule has 104 valence electrons. The van der Waals surface area contributed by atoms with Crippen LogP contribution in [0.3, 0.4) is 0 Å². The SMILES string of the molecule is CNc1cncc(C(=O)NCCc2ccc(F)cc2)n1. The molecule has 2 aromatic rings. The maximum Gasteiger partial charge on any atom is 0.271 e. The highest BCUT2D eigenvalue weighted by Gasteiger charge is 2.07. The van der Waals surface area contributed by atoms with Crippen molar-refractivity contribution in [3.63, 3.8) is 0 Å². The van der Waals surface area contributed by atoms with Crippen LogP contribution in [0.4, 0.5) is 10.2 Å². The van der Waals surface area contributed by atoms with E-state index in [2.05, 4.69) is 20.6 Å². The third-order valence-corrected chi connectivity index (χ3v) is 2.74. The van der Waals surface area contributed by atoms with E-state index < -0.39 is 0 Å². The molecule has 1 heterocycles. The van der Waals surface area contributed by atoms with E-state index >= 15 is 0 Å². The molecule has 0 unspecified atom stereocenters. The molecule has 5 nitrogen and oxygen atoms in total. The first-order chi connectivity index (χ1) is 9.69. The number of anilines is 1. The topological polar surface area (TPSA) is 66.9 Å². The zero-order chi connectivity index (χ0) is 14.4. The first-order valence-electron chi connectivity index (χ1n) is 6.21. The lowest BCUT2D eigenvalue weighted by molar-refractivity contribution is 0.0949. The van der Waals surface area contributed by atoms with Gasteiger partial charge in [0, 0.05) is 13.6 Å². The Morgan fingerprint density at radius 2 is 2.00 bits per heavy atom. The number of carbonyl (C=O) groups excluding carboxylic acids is 1. The number of hydrogen-bond donors (Lipinski definition) is 2. The van der Waals surface area contributed by atoms with Crippen LogP contribution < -0.4 is 10.6 Å². The van der Waals surface area contributed by atoms with Crippen molar-refractivity contribution < 1.29 is 9.18 Å². The molecule has 0 aliphatic rings. The Bertz CT molecular complexity index is 586. The lowest BCUT2D eigenvalue weighted by Crippen LogP contribution is -2.26. The van der Waals surface area contributed by atoms with Crippen molar-refractivity contribution in [2.75, 3.05) is 18.9 Å². The number of amides is 1. The minimum Gasteiger partial charge on any atom is -0.372 e. The molecule has 0 bridgehead atoms. The van der Waals surface area contributed by atoms with E-state index in [4.69, 9.17) is 0 Å². The van der Waals surface area contributed by atoms with Gasteiger partial charge in [-0.3, -0.25) is 9.78 Å². The van der Waals surface area contributed by atoms with Gasteiger partial charge in [0.05, 0.1) is 12.4 Å². The Hall–Kier alpha value is -2.50. The molecule has 0 radical (unpaired) electrons. The van der Waals surface area contributed by atoms with Gasteiger partial charge in [-0.25, -0.2) is 9.37 Å². The average molecular weight is 274 g/mol. The van der Waals surface area contributed by atoms with Crippen LogP contribution in [0.15, 0.2) is 36.7 Å². The minimum absolute atomic E-state index is 0.260. The summed E-state index contributed by atoms with van der Waals surface area (Å²) in [4.78, 5) is 19.9. The second kappa shape index (κ2) is 6.60. The summed E-state index contributed by atoms with van der Waals surface area (Å²) in [6, 6.07) is 6.20. The molecule has 0 aliphatic carbocycles. The lowest BCUT2D eigenvalue weighted by atomic mass is 10.1. The molecular weight excluding hydrogens is 259 g/mol. The van der Waals surface area contributed by atoms with Gasteiger partial charge >= 0.3 is 0 Å². The Kier molecular flexibility index (Phi) is 4.60. The Morgan fingerprint density at radius 3 is 2.70 bits per heavy atom. The molecule has 0 spiro atoms. The first kappa shape index (κ1) is 13.9. The summed E-state index contributed by atoms with van der Waals surface area (Å²) in [5.41, 5.74) is 1.22. The van der Waals surface area contributed by atoms with Gasteiger partial charge in [0.1, 0.15) is 17.3 Å². The number of benzene rings is 1. The van der Waals surface area contributed by atoms with Crippen LogP contribution >= 0.6 is 0 Å². The zero-order valence-electron chi connectivity index (χ0n) is 11.1. The van der Waals surface area contributed by atoms with Crippen LogP contribution in [0, 0.1) is 5.82 Å². The van der Waals surface area contributed by atoms with Crippen molar-refractivity contribution in [1.29, 1.82) is 0 Å². The highest BCUT2D eigenvalue weighted by Crippen LogP contribution is 2.03. The highest BCUT2D eigenvalue weighted by molar-refractivity contribution is 5.92. The van der Waals surface area contributed by atoms with Crippen molar-refractivity contribution in [3.05, 3.63) is 53.7 Å². The van der Waals surface area contributed by atoms with Crippen molar-refractivity contribution >= 4 is 11.7 Å². The number of aromatic nitrogens is 2. The Labute approximate surface area is 116 Å². The summed E-state index contributed by atoms with van der Waals surface area (Å²) < 4.78 is 12.7. The van der Waals surface area contributed by atoms with Crippen molar-refractivity contribution in [2.45, 2.75) is 6.42 Å². The van der Waals surface area contributed by atoms with Crippen LogP contribution in [0.2, 0.25) is 0 Å². The fourth-order valence-corrected chi connectivity index (χ4v) is 1.66. The van der Waals surface area contributed by atoms with Crippen molar-refractivity contribution in [3.8, 4) is 0 Å². The van der Waals surface area contributed by atoms with Gasteiger partial charge in [-0.1, -0.05) is 12.1 Å². The number of hydrogen-bond acceptors (Lipinski definition) is 4. The van der Waals surface area contributed by atoms with E-state index in [1.54, 1.807) is 19.2 Å². The molecule has 0 aliphatic heterocycles. The van der Waals surface area contributed by atoms with E-state index in [1.165, 1.54) is 24.5 Å². The summed E-state index contributed by atoms with van der Waals surface area (Å²) in [5, 5.41) is 5.57. The van der Waals surface area contributed by atoms with E-state index in [1.807, 2.05) is 0 Å². The average Bonchev–Trinajstić information content (AvgIpc) is 2.49. The van der Waals surface area contributed by atoms with E-state index in [9.17, 15) is 9.18 Å². The monoisotopic (exact) mass is 274 g/mol. The molecule has 0 saturated carbocycles. The molecule has 0 fully saturated rings. The zero-order valence-corrected chi connectivity index (χ0v) is 11.1. The highest BCUT2D eigenvalue weighted by atomic mass is 19.1. The maximum absolute atomic E-state index is 12.7. The standard InChI is InChI=1S/C14H15FN4O/c1-16-13-9-17-8-12(19-13)14(20)18-7-6-10-2-4-11(15)5-3-10/h2-5,8-9H,6-7H2,1H3,(H,16,19)(H,18,20). The normalized spacial score (nSPS) is 10.1. The van der Waals surface area contributed by atoms with Crippen LogP contribution in [-0.2, 0) is 6.42 Å². The van der Waals surface area contributed by atoms with Gasteiger partial charge < -0.3 is 10.6 Å². The maximum atomic E-state index is 12.7. The third kappa shape index (κ3) is 3.74. The van der Waals surface area contributed by atoms with Gasteiger partial charge in [0.15, 0.2) is 0 Å². The molecule has 1 aromatic heterocycles. The van der Waals surface area contributed by atoms with Crippen molar-refractivity contribution in [2.24, 2.45) is 0 Å². The fourth-order valence-electron chi connectivity index (χ4n) is 1.66. The van der Waals surface area contributed by atoms with Crippen LogP contribution in [0.25, 0.3) is 0 Å². The van der Waals surface area contributed by atoms with Gasteiger partial charge in [-0.15, -0.1) is 0 Å². The molecular formula is C14H15FN4O. The van der Waals surface area contributed by atoms with Crippen LogP contribution in [0.1, 0.15) is 16.1 Å². The summed E-state index contributed by atoms with van der Waals surface area (Å²) in [7, 11) is 1.71. The Balaban J connectivity index is 1.87. The van der Waals surface area contributed by atoms with Gasteiger partial charge in [-0.05, 0) is 24.1 Å². The first-order valence-corrected chi connectivity index (χ1v) is 6.21. The van der Waals surface area contributed by atoms with E-state index in [0.717, 1.165) is 5.56 Å². The molecule has 1 aromatic carbocycles. The molecule has 6 heteroatoms. The predicted octanol–water partition coefficient (Wildman–Crippen LogP) is 1.63. The quantitative estimate of drug-likeness (QED) is 0.869. The second-order valence-corrected chi connectivity index (χ2v) is 4.17. The Morgan fingerprint density at radius 1 is 1.25 bits per heavy atom. The summed E-state index contributed by atoms with van der Waals surface area (Å²) in [6.45, 7) is 0.454. The molecule has 20 heavy (non-hydrogen) atoms. The predicted molar refractivity (Wildman–Crippen MR) is 74.0 cm³/mol. The van der Waals surface area contributed by atoms with Gasteiger partial charge in [0.2, 0.25) is 0 Å². The molecule has 0 atom stereocenters. The minimum atomic E-state index is -0.281. The number of rotatable bonds is 5. The second-order valence-electron chi connectivity index (χ2n) is 4.17. The smallest absolute Gasteiger partial charge is 0.271 e. The molecule has 2 rings (SSSR count). The number of halogens is 1. The largest absolute Gasteiger partial charge is 0.372 e.